The summed E-state index contributed by atoms with van der Waals surface area (Å²) in [6.07, 6.45) is -0.380. The zero-order valence-electron chi connectivity index (χ0n) is 15.7. The van der Waals surface area contributed by atoms with E-state index in [2.05, 4.69) is 0 Å². The minimum atomic E-state index is -2.80. The van der Waals surface area contributed by atoms with Crippen LogP contribution in [0.1, 0.15) is 22.1 Å². The van der Waals surface area contributed by atoms with Crippen molar-refractivity contribution < 1.29 is 20.5 Å². The molecule has 1 aliphatic rings. The van der Waals surface area contributed by atoms with E-state index in [9.17, 15) is 0 Å². The largest absolute Gasteiger partial charge is 0.454 e. The third-order valence-corrected chi connectivity index (χ3v) is 1.83. The third kappa shape index (κ3) is 1.82. The van der Waals surface area contributed by atoms with Crippen molar-refractivity contribution in [3.63, 3.8) is 0 Å². The van der Waals surface area contributed by atoms with Crippen LogP contribution in [0.5, 0.6) is 11.5 Å². The monoisotopic (exact) mass is 201 g/mol. The summed E-state index contributed by atoms with van der Waals surface area (Å²) in [7, 11) is 0. The van der Waals surface area contributed by atoms with Crippen molar-refractivity contribution in [1.82, 2.24) is 5.31 Å². The Morgan fingerprint density at radius 1 is 1.71 bits per heavy atom. The summed E-state index contributed by atoms with van der Waals surface area (Å²) in [5.74, 6) is 0.0150. The molecule has 0 saturated carbocycles. The van der Waals surface area contributed by atoms with Gasteiger partial charge >= 0.3 is 0 Å². The summed E-state index contributed by atoms with van der Waals surface area (Å²) in [4.78, 5) is 0. The first kappa shape index (κ1) is 3.74. The van der Waals surface area contributed by atoms with Crippen molar-refractivity contribution in [2.75, 3.05) is 13.8 Å². The van der Waals surface area contributed by atoms with E-state index in [4.69, 9.17) is 20.5 Å². The molecule has 2 rings (SSSR count). The molecule has 0 bridgehead atoms. The Hall–Kier alpha value is -1.22. The van der Waals surface area contributed by atoms with Crippen LogP contribution in [0.3, 0.4) is 0 Å². The molecule has 1 aliphatic heterocycles. The fourth-order valence-corrected chi connectivity index (χ4v) is 1.15. The van der Waals surface area contributed by atoms with Gasteiger partial charge in [-0.1, -0.05) is 6.04 Å². The minimum Gasteiger partial charge on any atom is -0.454 e. The van der Waals surface area contributed by atoms with Crippen LogP contribution in [0.2, 0.25) is 1.41 Å². The predicted octanol–water partition coefficient (Wildman–Crippen LogP) is 1.57. The molecule has 1 N–H and O–H groups in total. The average Bonchev–Trinajstić information content (AvgIpc) is 2.89. The highest BCUT2D eigenvalue weighted by Crippen LogP contribution is 2.32. The molecule has 0 aliphatic carbocycles. The topological polar surface area (TPSA) is 30.5 Å². The van der Waals surface area contributed by atoms with Crippen LogP contribution in [0, 0.1) is 0 Å². The van der Waals surface area contributed by atoms with E-state index < -0.39 is 13.0 Å². The SMILES string of the molecule is [2H]c1c([2H])c2c(c([2H])c1CC([2H])(C)N([2H])C([2H])([2H])[2H])OCO2. The molecular formula is C11H15NO2. The van der Waals surface area contributed by atoms with Crippen molar-refractivity contribution in [2.45, 2.75) is 19.4 Å². The number of ether oxygens (including phenoxy) is 2. The van der Waals surface area contributed by atoms with E-state index in [-0.39, 0.29) is 53.7 Å². The maximum absolute atomic E-state index is 8.06. The Bertz CT molecular complexity index is 601. The number of rotatable bonds is 3. The molecule has 14 heavy (non-hydrogen) atoms. The van der Waals surface area contributed by atoms with E-state index in [1.807, 2.05) is 0 Å². The van der Waals surface area contributed by atoms with Crippen LogP contribution >= 0.6 is 0 Å². The number of hydrogen-bond donors (Lipinski definition) is 1. The summed E-state index contributed by atoms with van der Waals surface area (Å²) < 4.78 is 71.2. The zero-order valence-corrected chi connectivity index (χ0v) is 7.68. The Labute approximate surface area is 95.3 Å². The van der Waals surface area contributed by atoms with Gasteiger partial charge in [0.05, 0.1) is 4.11 Å². The molecule has 1 aromatic carbocycles. The molecule has 0 radical (unpaired) electrons. The van der Waals surface area contributed by atoms with Crippen LogP contribution in [0.15, 0.2) is 18.1 Å². The first-order valence-corrected chi connectivity index (χ1v) is 4.14. The molecule has 3 heteroatoms. The summed E-state index contributed by atoms with van der Waals surface area (Å²) in [6, 6.07) is -2.73. The van der Waals surface area contributed by atoms with Crippen molar-refractivity contribution in [2.24, 2.45) is 0 Å². The molecule has 0 fully saturated rings. The first-order valence-electron chi connectivity index (χ1n) is 8.09. The Balaban J connectivity index is 2.45. The van der Waals surface area contributed by atoms with Crippen molar-refractivity contribution in [1.29, 1.82) is 0 Å². The molecule has 0 saturated heterocycles. The van der Waals surface area contributed by atoms with E-state index >= 15 is 0 Å². The van der Waals surface area contributed by atoms with Gasteiger partial charge in [-0.25, -0.2) is 0 Å². The normalized spacial score (nSPS) is 27.3. The predicted molar refractivity (Wildman–Crippen MR) is 54.8 cm³/mol. The van der Waals surface area contributed by atoms with E-state index in [0.717, 1.165) is 0 Å². The smallest absolute Gasteiger partial charge is 0.231 e. The van der Waals surface area contributed by atoms with E-state index in [0.29, 0.717) is 0 Å². The summed E-state index contributed by atoms with van der Waals surface area (Å²) in [5.41, 5.74) is -0.0201. The maximum atomic E-state index is 8.06. The molecule has 1 heterocycles. The van der Waals surface area contributed by atoms with E-state index in [1.54, 1.807) is 0 Å². The fraction of sp³-hybridized carbons (Fsp3) is 0.455. The number of fused-ring (bicyclic) bond motifs is 1. The van der Waals surface area contributed by atoms with Gasteiger partial charge in [-0.05, 0) is 38.0 Å². The standard InChI is InChI=1S/C11H15NO2/c1-8(12-2)5-9-3-4-10-11(6-9)14-7-13-10/h3-4,6,8,12H,5,7H2,1-2H3/i2D3,3D,4D,6D,8D/hD. The highest BCUT2D eigenvalue weighted by atomic mass is 16.7. The second-order valence-electron chi connectivity index (χ2n) is 2.94. The van der Waals surface area contributed by atoms with Gasteiger partial charge in [0.25, 0.3) is 0 Å². The maximum Gasteiger partial charge on any atom is 0.231 e. The lowest BCUT2D eigenvalue weighted by Gasteiger charge is -2.09. The summed E-state index contributed by atoms with van der Waals surface area (Å²) in [6.45, 7) is -1.76. The highest BCUT2D eigenvalue weighted by Gasteiger charge is 2.13. The molecule has 3 nitrogen and oxygen atoms in total. The molecule has 0 amide bonds. The number of likely N-dealkylation sites (N-methyl/N-ethyl adjacent to an activating group) is 1. The van der Waals surface area contributed by atoms with Crippen LogP contribution in [-0.2, 0) is 6.42 Å². The molecule has 1 atom stereocenters. The van der Waals surface area contributed by atoms with Crippen molar-refractivity contribution in [3.05, 3.63) is 23.7 Å². The van der Waals surface area contributed by atoms with Gasteiger partial charge < -0.3 is 14.8 Å². The summed E-state index contributed by atoms with van der Waals surface area (Å²) in [5, 5.41) is 0.146. The zero-order chi connectivity index (χ0) is 16.9. The van der Waals surface area contributed by atoms with Crippen LogP contribution in [-0.4, -0.2) is 19.8 Å². The molecule has 76 valence electrons. The van der Waals surface area contributed by atoms with Gasteiger partial charge in [-0.2, -0.15) is 0 Å². The second-order valence-corrected chi connectivity index (χ2v) is 2.94. The van der Waals surface area contributed by atoms with Gasteiger partial charge in [-0.3, -0.25) is 0 Å². The van der Waals surface area contributed by atoms with Gasteiger partial charge in [-0.15, -0.1) is 0 Å². The van der Waals surface area contributed by atoms with Gasteiger partial charge in [0, 0.05) is 11.5 Å². The Morgan fingerprint density at radius 2 is 2.57 bits per heavy atom. The molecule has 0 spiro atoms. The van der Waals surface area contributed by atoms with Crippen LogP contribution < -0.4 is 14.8 Å². The van der Waals surface area contributed by atoms with E-state index in [1.165, 1.54) is 6.92 Å². The fourth-order valence-electron chi connectivity index (χ4n) is 1.15. The lowest BCUT2D eigenvalue weighted by molar-refractivity contribution is 0.174. The van der Waals surface area contributed by atoms with Gasteiger partial charge in [0.15, 0.2) is 11.5 Å². The Morgan fingerprint density at radius 3 is 3.43 bits per heavy atom. The summed E-state index contributed by atoms with van der Waals surface area (Å²) >= 11 is 0. The van der Waals surface area contributed by atoms with Crippen LogP contribution in [0.25, 0.3) is 0 Å². The van der Waals surface area contributed by atoms with Gasteiger partial charge in [0.2, 0.25) is 6.79 Å². The molecular weight excluding hydrogens is 178 g/mol. The lowest BCUT2D eigenvalue weighted by atomic mass is 10.1. The molecule has 0 aromatic heterocycles. The minimum absolute atomic E-state index is 0.00369. The van der Waals surface area contributed by atoms with Crippen molar-refractivity contribution in [3.8, 4) is 11.5 Å². The number of hydrogen-bond acceptors (Lipinski definition) is 3. The number of benzene rings is 1. The second kappa shape index (κ2) is 3.88. The third-order valence-electron chi connectivity index (χ3n) is 1.83. The first-order chi connectivity index (χ1) is 9.97. The number of nitrogens with one attached hydrogen (secondary N) is 1. The molecule has 1 unspecified atom stereocenters. The Kier molecular flexibility index (Phi) is 1.04. The van der Waals surface area contributed by atoms with Crippen LogP contribution in [0.4, 0.5) is 0 Å². The molecule has 1 aromatic rings. The van der Waals surface area contributed by atoms with Crippen molar-refractivity contribution >= 4 is 0 Å². The average molecular weight is 201 g/mol. The van der Waals surface area contributed by atoms with Gasteiger partial charge in [0.1, 0.15) is 1.41 Å². The quantitative estimate of drug-likeness (QED) is 0.805. The lowest BCUT2D eigenvalue weighted by Crippen LogP contribution is -2.23. The highest BCUT2D eigenvalue weighted by molar-refractivity contribution is 5.44.